The molecular weight excluding hydrogens is 226 g/mol. The molecule has 2 N–H and O–H groups in total. The van der Waals surface area contributed by atoms with Crippen molar-refractivity contribution < 1.29 is 9.90 Å². The number of aryl methyl sites for hydroxylation is 1. The molecule has 0 aliphatic rings. The molecule has 0 bridgehead atoms. The van der Waals surface area contributed by atoms with Crippen molar-refractivity contribution in [1.29, 1.82) is 0 Å². The third-order valence-corrected chi connectivity index (χ3v) is 2.80. The highest BCUT2D eigenvalue weighted by Crippen LogP contribution is 2.17. The smallest absolute Gasteiger partial charge is 0.255 e. The number of hydrogen-bond acceptors (Lipinski definition) is 2. The van der Waals surface area contributed by atoms with Crippen molar-refractivity contribution in [2.45, 2.75) is 13.8 Å². The van der Waals surface area contributed by atoms with Gasteiger partial charge in [0.1, 0.15) is 5.75 Å². The molecule has 0 aliphatic carbocycles. The Bertz CT molecular complexity index is 379. The van der Waals surface area contributed by atoms with Crippen LogP contribution in [0.2, 0.25) is 0 Å². The van der Waals surface area contributed by atoms with Gasteiger partial charge in [-0.3, -0.25) is 4.79 Å². The van der Waals surface area contributed by atoms with Gasteiger partial charge in [-0.1, -0.05) is 18.6 Å². The third kappa shape index (κ3) is 3.42. The van der Waals surface area contributed by atoms with Crippen LogP contribution in [0.3, 0.4) is 0 Å². The lowest BCUT2D eigenvalue weighted by molar-refractivity contribution is 0.0946. The average Bonchev–Trinajstić information content (AvgIpc) is 2.28. The summed E-state index contributed by atoms with van der Waals surface area (Å²) in [6, 6.07) is 4.94. The average molecular weight is 242 g/mol. The second-order valence-corrected chi connectivity index (χ2v) is 4.30. The summed E-state index contributed by atoms with van der Waals surface area (Å²) >= 11 is 5.64. The molecule has 3 nitrogen and oxygen atoms in total. The number of carbonyl (C=O) groups excluding carboxylic acids is 1. The van der Waals surface area contributed by atoms with Crippen molar-refractivity contribution in [3.8, 4) is 5.75 Å². The Kier molecular flexibility index (Phi) is 4.62. The number of carbonyl (C=O) groups is 1. The molecule has 0 saturated heterocycles. The summed E-state index contributed by atoms with van der Waals surface area (Å²) in [7, 11) is 0. The normalized spacial score (nSPS) is 12.2. The Morgan fingerprint density at radius 2 is 2.25 bits per heavy atom. The minimum atomic E-state index is -0.266. The second kappa shape index (κ2) is 5.75. The summed E-state index contributed by atoms with van der Waals surface area (Å²) in [5.41, 5.74) is 1.25. The maximum atomic E-state index is 11.7. The van der Waals surface area contributed by atoms with E-state index in [2.05, 4.69) is 5.32 Å². The van der Waals surface area contributed by atoms with E-state index in [1.165, 1.54) is 6.07 Å². The number of aromatic hydroxyl groups is 1. The number of hydrogen-bond donors (Lipinski definition) is 2. The van der Waals surface area contributed by atoms with Crippen molar-refractivity contribution in [3.63, 3.8) is 0 Å². The van der Waals surface area contributed by atoms with Gasteiger partial charge in [0, 0.05) is 12.4 Å². The van der Waals surface area contributed by atoms with Crippen molar-refractivity contribution in [2.24, 2.45) is 5.92 Å². The highest BCUT2D eigenvalue weighted by Gasteiger charge is 2.11. The molecular formula is C12H16ClNO2. The quantitative estimate of drug-likeness (QED) is 0.795. The molecule has 1 unspecified atom stereocenters. The lowest BCUT2D eigenvalue weighted by Gasteiger charge is -2.10. The van der Waals surface area contributed by atoms with E-state index < -0.39 is 0 Å². The molecule has 0 saturated carbocycles. The number of rotatable bonds is 4. The summed E-state index contributed by atoms with van der Waals surface area (Å²) < 4.78 is 0. The highest BCUT2D eigenvalue weighted by atomic mass is 35.5. The molecule has 0 heterocycles. The minimum Gasteiger partial charge on any atom is -0.507 e. The van der Waals surface area contributed by atoms with Gasteiger partial charge in [-0.25, -0.2) is 0 Å². The number of nitrogens with one attached hydrogen (secondary N) is 1. The van der Waals surface area contributed by atoms with Crippen molar-refractivity contribution in [2.75, 3.05) is 12.4 Å². The van der Waals surface area contributed by atoms with Gasteiger partial charge in [-0.05, 0) is 25.0 Å². The summed E-state index contributed by atoms with van der Waals surface area (Å²) in [6.07, 6.45) is 0. The van der Waals surface area contributed by atoms with Crippen molar-refractivity contribution >= 4 is 17.5 Å². The molecule has 0 aliphatic heterocycles. The molecule has 1 amide bonds. The molecule has 0 fully saturated rings. The van der Waals surface area contributed by atoms with Crippen LogP contribution in [0.4, 0.5) is 0 Å². The number of phenols is 1. The van der Waals surface area contributed by atoms with Crippen LogP contribution in [0.15, 0.2) is 18.2 Å². The monoisotopic (exact) mass is 241 g/mol. The van der Waals surface area contributed by atoms with E-state index in [4.69, 9.17) is 11.6 Å². The lowest BCUT2D eigenvalue weighted by atomic mass is 10.1. The molecule has 1 aromatic carbocycles. The molecule has 88 valence electrons. The Hall–Kier alpha value is -1.22. The molecule has 0 spiro atoms. The zero-order valence-electron chi connectivity index (χ0n) is 9.46. The molecule has 16 heavy (non-hydrogen) atoms. The number of halogens is 1. The molecule has 1 rings (SSSR count). The first-order valence-corrected chi connectivity index (χ1v) is 5.71. The van der Waals surface area contributed by atoms with Gasteiger partial charge < -0.3 is 10.4 Å². The third-order valence-electron chi connectivity index (χ3n) is 2.27. The van der Waals surface area contributed by atoms with Gasteiger partial charge in [0.2, 0.25) is 0 Å². The number of benzene rings is 1. The molecule has 1 aromatic rings. The fourth-order valence-electron chi connectivity index (χ4n) is 1.25. The maximum absolute atomic E-state index is 11.7. The van der Waals surface area contributed by atoms with Crippen LogP contribution in [0.25, 0.3) is 0 Å². The SMILES string of the molecule is Cc1ccc(O)c(C(=O)NCC(C)CCl)c1. The summed E-state index contributed by atoms with van der Waals surface area (Å²) in [5.74, 6) is 0.456. The first-order valence-electron chi connectivity index (χ1n) is 5.18. The summed E-state index contributed by atoms with van der Waals surface area (Å²) in [6.45, 7) is 4.33. The second-order valence-electron chi connectivity index (χ2n) is 3.99. The summed E-state index contributed by atoms with van der Waals surface area (Å²) in [4.78, 5) is 11.7. The number of alkyl halides is 1. The lowest BCUT2D eigenvalue weighted by Crippen LogP contribution is -2.28. The Labute approximate surface area is 100 Å². The topological polar surface area (TPSA) is 49.3 Å². The van der Waals surface area contributed by atoms with E-state index >= 15 is 0 Å². The van der Waals surface area contributed by atoms with Crippen LogP contribution in [0.5, 0.6) is 5.75 Å². The standard InChI is InChI=1S/C12H16ClNO2/c1-8-3-4-11(15)10(5-8)12(16)14-7-9(2)6-13/h3-5,9,15H,6-7H2,1-2H3,(H,14,16). The fraction of sp³-hybridized carbons (Fsp3) is 0.417. The zero-order valence-corrected chi connectivity index (χ0v) is 10.2. The van der Waals surface area contributed by atoms with E-state index in [0.29, 0.717) is 18.0 Å². The van der Waals surface area contributed by atoms with Gasteiger partial charge in [-0.2, -0.15) is 0 Å². The largest absolute Gasteiger partial charge is 0.507 e. The zero-order chi connectivity index (χ0) is 12.1. The Morgan fingerprint density at radius 1 is 1.56 bits per heavy atom. The van der Waals surface area contributed by atoms with Gasteiger partial charge in [0.25, 0.3) is 5.91 Å². The van der Waals surface area contributed by atoms with E-state index in [1.807, 2.05) is 13.8 Å². The molecule has 4 heteroatoms. The van der Waals surface area contributed by atoms with Gasteiger partial charge in [0.15, 0.2) is 0 Å². The predicted molar refractivity (Wildman–Crippen MR) is 65.1 cm³/mol. The van der Waals surface area contributed by atoms with Crippen LogP contribution in [0, 0.1) is 12.8 Å². The Balaban J connectivity index is 2.69. The van der Waals surface area contributed by atoms with Gasteiger partial charge in [0.05, 0.1) is 5.56 Å². The van der Waals surface area contributed by atoms with E-state index in [1.54, 1.807) is 12.1 Å². The van der Waals surface area contributed by atoms with Crippen molar-refractivity contribution in [3.05, 3.63) is 29.3 Å². The van der Waals surface area contributed by atoms with E-state index in [0.717, 1.165) is 5.56 Å². The first-order chi connectivity index (χ1) is 7.54. The van der Waals surface area contributed by atoms with E-state index in [9.17, 15) is 9.90 Å². The molecule has 0 aromatic heterocycles. The van der Waals surface area contributed by atoms with Crippen LogP contribution in [-0.4, -0.2) is 23.4 Å². The predicted octanol–water partition coefficient (Wildman–Crippen LogP) is 2.31. The van der Waals surface area contributed by atoms with Crippen LogP contribution < -0.4 is 5.32 Å². The van der Waals surface area contributed by atoms with E-state index in [-0.39, 0.29) is 17.6 Å². The van der Waals surface area contributed by atoms with Crippen LogP contribution in [0.1, 0.15) is 22.8 Å². The van der Waals surface area contributed by atoms with Gasteiger partial charge >= 0.3 is 0 Å². The maximum Gasteiger partial charge on any atom is 0.255 e. The first kappa shape index (κ1) is 12.8. The highest BCUT2D eigenvalue weighted by molar-refractivity contribution is 6.18. The molecule has 0 radical (unpaired) electrons. The van der Waals surface area contributed by atoms with Gasteiger partial charge in [-0.15, -0.1) is 11.6 Å². The minimum absolute atomic E-state index is 0.00151. The number of amides is 1. The van der Waals surface area contributed by atoms with Crippen molar-refractivity contribution in [1.82, 2.24) is 5.32 Å². The summed E-state index contributed by atoms with van der Waals surface area (Å²) in [5, 5.41) is 12.3. The fourth-order valence-corrected chi connectivity index (χ4v) is 1.36. The Morgan fingerprint density at radius 3 is 2.88 bits per heavy atom. The molecule has 1 atom stereocenters. The number of phenolic OH excluding ortho intramolecular Hbond substituents is 1. The van der Waals surface area contributed by atoms with Crippen LogP contribution in [-0.2, 0) is 0 Å². The van der Waals surface area contributed by atoms with Crippen LogP contribution >= 0.6 is 11.6 Å².